The summed E-state index contributed by atoms with van der Waals surface area (Å²) in [6, 6.07) is 0. The second kappa shape index (κ2) is 6.86. The van der Waals surface area contributed by atoms with Crippen LogP contribution in [0.1, 0.15) is 44.0 Å². The molecule has 2 N–H and O–H groups in total. The third-order valence-corrected chi connectivity index (χ3v) is 3.78. The van der Waals surface area contributed by atoms with Crippen molar-refractivity contribution in [2.75, 3.05) is 5.75 Å². The Balaban J connectivity index is 3.10. The molecular weight excluding hydrogens is 218 g/mol. The maximum atomic E-state index is 5.84. The van der Waals surface area contributed by atoms with Crippen LogP contribution in [0.5, 0.6) is 0 Å². The predicted octanol–water partition coefficient (Wildman–Crippen LogP) is 2.56. The summed E-state index contributed by atoms with van der Waals surface area (Å²) in [4.78, 5) is 0. The van der Waals surface area contributed by atoms with Crippen LogP contribution in [0.25, 0.3) is 0 Å². The van der Waals surface area contributed by atoms with E-state index in [4.69, 9.17) is 5.73 Å². The standard InChI is InChI=1S/C12H21N3S/c1-4-7-16-12-10(8-13)9(5-2)11(6-3)14-15-12/h4-8,13H2,1-3H3. The van der Waals surface area contributed by atoms with E-state index < -0.39 is 0 Å². The van der Waals surface area contributed by atoms with Gasteiger partial charge in [0.1, 0.15) is 5.03 Å². The fraction of sp³-hybridized carbons (Fsp3) is 0.667. The zero-order chi connectivity index (χ0) is 12.0. The molecule has 16 heavy (non-hydrogen) atoms. The van der Waals surface area contributed by atoms with Crippen molar-refractivity contribution in [1.82, 2.24) is 10.2 Å². The van der Waals surface area contributed by atoms with Crippen LogP contribution in [0.15, 0.2) is 5.03 Å². The van der Waals surface area contributed by atoms with Crippen LogP contribution in [0, 0.1) is 0 Å². The lowest BCUT2D eigenvalue weighted by atomic mass is 10.0. The first-order chi connectivity index (χ1) is 7.78. The number of aromatic nitrogens is 2. The molecule has 0 saturated heterocycles. The van der Waals surface area contributed by atoms with Gasteiger partial charge in [-0.3, -0.25) is 0 Å². The molecule has 1 aromatic heterocycles. The summed E-state index contributed by atoms with van der Waals surface area (Å²) in [5.74, 6) is 1.08. The number of aryl methyl sites for hydroxylation is 1. The normalized spacial score (nSPS) is 10.8. The molecule has 0 saturated carbocycles. The summed E-state index contributed by atoms with van der Waals surface area (Å²) in [6.45, 7) is 7.01. The third kappa shape index (κ3) is 2.95. The Morgan fingerprint density at radius 3 is 2.31 bits per heavy atom. The molecule has 4 heteroatoms. The monoisotopic (exact) mass is 239 g/mol. The summed E-state index contributed by atoms with van der Waals surface area (Å²) in [6.07, 6.45) is 3.07. The van der Waals surface area contributed by atoms with Gasteiger partial charge in [0.2, 0.25) is 0 Å². The summed E-state index contributed by atoms with van der Waals surface area (Å²) >= 11 is 1.77. The fourth-order valence-electron chi connectivity index (χ4n) is 1.76. The Hall–Kier alpha value is -0.610. The summed E-state index contributed by atoms with van der Waals surface area (Å²) in [7, 11) is 0. The van der Waals surface area contributed by atoms with Crippen LogP contribution in [-0.2, 0) is 19.4 Å². The van der Waals surface area contributed by atoms with E-state index in [1.54, 1.807) is 11.8 Å². The van der Waals surface area contributed by atoms with Crippen LogP contribution in [-0.4, -0.2) is 16.0 Å². The van der Waals surface area contributed by atoms with E-state index in [-0.39, 0.29) is 0 Å². The van der Waals surface area contributed by atoms with E-state index >= 15 is 0 Å². The second-order valence-electron chi connectivity index (χ2n) is 3.67. The van der Waals surface area contributed by atoms with Gasteiger partial charge in [-0.05, 0) is 30.6 Å². The molecule has 0 aliphatic carbocycles. The molecule has 1 aromatic rings. The SMILES string of the molecule is CCCSc1nnc(CC)c(CC)c1CN. The van der Waals surface area contributed by atoms with Crippen molar-refractivity contribution in [3.63, 3.8) is 0 Å². The maximum absolute atomic E-state index is 5.84. The van der Waals surface area contributed by atoms with E-state index in [2.05, 4.69) is 31.0 Å². The Morgan fingerprint density at radius 2 is 1.81 bits per heavy atom. The molecule has 0 radical (unpaired) electrons. The Morgan fingerprint density at radius 1 is 1.06 bits per heavy atom. The highest BCUT2D eigenvalue weighted by atomic mass is 32.2. The number of nitrogens with zero attached hydrogens (tertiary/aromatic N) is 2. The predicted molar refractivity (Wildman–Crippen MR) is 69.7 cm³/mol. The average molecular weight is 239 g/mol. The van der Waals surface area contributed by atoms with Crippen LogP contribution in [0.2, 0.25) is 0 Å². The molecule has 0 unspecified atom stereocenters. The Labute approximate surface area is 102 Å². The molecule has 0 aromatic carbocycles. The minimum absolute atomic E-state index is 0.567. The molecule has 1 rings (SSSR count). The van der Waals surface area contributed by atoms with Gasteiger partial charge in [0, 0.05) is 12.1 Å². The number of nitrogens with two attached hydrogens (primary N) is 1. The van der Waals surface area contributed by atoms with Crippen molar-refractivity contribution >= 4 is 11.8 Å². The quantitative estimate of drug-likeness (QED) is 0.775. The van der Waals surface area contributed by atoms with E-state index in [1.165, 1.54) is 11.1 Å². The minimum atomic E-state index is 0.567. The number of hydrogen-bond acceptors (Lipinski definition) is 4. The summed E-state index contributed by atoms with van der Waals surface area (Å²) < 4.78 is 0. The van der Waals surface area contributed by atoms with Gasteiger partial charge >= 0.3 is 0 Å². The molecule has 0 bridgehead atoms. The maximum Gasteiger partial charge on any atom is 0.124 e. The highest BCUT2D eigenvalue weighted by Crippen LogP contribution is 2.25. The van der Waals surface area contributed by atoms with Gasteiger partial charge in [-0.1, -0.05) is 20.8 Å². The fourth-order valence-corrected chi connectivity index (χ4v) is 2.63. The molecule has 1 heterocycles. The molecule has 0 aliphatic rings. The van der Waals surface area contributed by atoms with E-state index in [0.29, 0.717) is 6.54 Å². The first kappa shape index (κ1) is 13.5. The molecular formula is C12H21N3S. The van der Waals surface area contributed by atoms with Crippen molar-refractivity contribution in [2.24, 2.45) is 5.73 Å². The van der Waals surface area contributed by atoms with Crippen molar-refractivity contribution in [3.8, 4) is 0 Å². The molecule has 90 valence electrons. The number of hydrogen-bond donors (Lipinski definition) is 1. The highest BCUT2D eigenvalue weighted by molar-refractivity contribution is 7.99. The van der Waals surface area contributed by atoms with Crippen molar-refractivity contribution < 1.29 is 0 Å². The molecule has 0 spiro atoms. The Kier molecular flexibility index (Phi) is 5.77. The van der Waals surface area contributed by atoms with E-state index in [1.807, 2.05) is 0 Å². The molecule has 0 amide bonds. The van der Waals surface area contributed by atoms with E-state index in [0.717, 1.165) is 35.7 Å². The van der Waals surface area contributed by atoms with Crippen LogP contribution < -0.4 is 5.73 Å². The Bertz CT molecular complexity index is 339. The molecule has 3 nitrogen and oxygen atoms in total. The minimum Gasteiger partial charge on any atom is -0.326 e. The number of rotatable bonds is 6. The van der Waals surface area contributed by atoms with Gasteiger partial charge in [-0.15, -0.1) is 16.9 Å². The van der Waals surface area contributed by atoms with Crippen LogP contribution in [0.4, 0.5) is 0 Å². The summed E-state index contributed by atoms with van der Waals surface area (Å²) in [5.41, 5.74) is 9.45. The first-order valence-corrected chi connectivity index (χ1v) is 6.97. The first-order valence-electron chi connectivity index (χ1n) is 5.98. The van der Waals surface area contributed by atoms with Gasteiger partial charge < -0.3 is 5.73 Å². The molecule has 0 fully saturated rings. The number of thioether (sulfide) groups is 1. The largest absolute Gasteiger partial charge is 0.326 e. The van der Waals surface area contributed by atoms with Gasteiger partial charge in [-0.2, -0.15) is 5.10 Å². The lowest BCUT2D eigenvalue weighted by molar-refractivity contribution is 0.781. The van der Waals surface area contributed by atoms with Gasteiger partial charge in [-0.25, -0.2) is 0 Å². The molecule has 0 atom stereocenters. The zero-order valence-electron chi connectivity index (χ0n) is 10.4. The molecule has 0 aliphatic heterocycles. The smallest absolute Gasteiger partial charge is 0.124 e. The van der Waals surface area contributed by atoms with Crippen molar-refractivity contribution in [1.29, 1.82) is 0 Å². The second-order valence-corrected chi connectivity index (χ2v) is 4.75. The lowest BCUT2D eigenvalue weighted by Crippen LogP contribution is -2.10. The van der Waals surface area contributed by atoms with E-state index in [9.17, 15) is 0 Å². The topological polar surface area (TPSA) is 51.8 Å². The van der Waals surface area contributed by atoms with Crippen LogP contribution in [0.3, 0.4) is 0 Å². The third-order valence-electron chi connectivity index (χ3n) is 2.57. The van der Waals surface area contributed by atoms with Gasteiger partial charge in [0.25, 0.3) is 0 Å². The van der Waals surface area contributed by atoms with Gasteiger partial charge in [0.15, 0.2) is 0 Å². The van der Waals surface area contributed by atoms with Gasteiger partial charge in [0.05, 0.1) is 5.69 Å². The summed E-state index contributed by atoms with van der Waals surface area (Å²) in [5, 5.41) is 9.63. The lowest BCUT2D eigenvalue weighted by Gasteiger charge is -2.13. The zero-order valence-corrected chi connectivity index (χ0v) is 11.2. The van der Waals surface area contributed by atoms with Crippen molar-refractivity contribution in [2.45, 2.75) is 51.6 Å². The van der Waals surface area contributed by atoms with Crippen LogP contribution >= 0.6 is 11.8 Å². The van der Waals surface area contributed by atoms with Crippen molar-refractivity contribution in [3.05, 3.63) is 16.8 Å². The average Bonchev–Trinajstić information content (AvgIpc) is 2.34. The highest BCUT2D eigenvalue weighted by Gasteiger charge is 2.12.